The molecule has 0 bridgehead atoms. The summed E-state index contributed by atoms with van der Waals surface area (Å²) in [6.07, 6.45) is 1.19. The van der Waals surface area contributed by atoms with Crippen molar-refractivity contribution in [3.8, 4) is 11.6 Å². The largest absolute Gasteiger partial charge is 0.437 e. The van der Waals surface area contributed by atoms with E-state index < -0.39 is 4.92 Å². The Bertz CT molecular complexity index is 690. The highest BCUT2D eigenvalue weighted by Crippen LogP contribution is 2.36. The fourth-order valence-corrected chi connectivity index (χ4v) is 2.55. The highest BCUT2D eigenvalue weighted by atomic mass is 79.9. The van der Waals surface area contributed by atoms with E-state index in [1.807, 2.05) is 25.1 Å². The van der Waals surface area contributed by atoms with E-state index >= 15 is 0 Å². The number of hydrogen-bond acceptors (Lipinski definition) is 4. The molecule has 0 saturated carbocycles. The lowest BCUT2D eigenvalue weighted by molar-refractivity contribution is -0.385. The average Bonchev–Trinajstić information content (AvgIpc) is 2.37. The zero-order valence-corrected chi connectivity index (χ0v) is 13.9. The summed E-state index contributed by atoms with van der Waals surface area (Å²) in [4.78, 5) is 14.3. The van der Waals surface area contributed by atoms with Crippen molar-refractivity contribution in [2.75, 3.05) is 0 Å². The third kappa shape index (κ3) is 2.99. The number of hydrogen-bond donors (Lipinski definition) is 0. The first-order valence-electron chi connectivity index (χ1n) is 5.63. The normalized spacial score (nSPS) is 10.4. The summed E-state index contributed by atoms with van der Waals surface area (Å²) in [5.41, 5.74) is 1.52. The summed E-state index contributed by atoms with van der Waals surface area (Å²) >= 11 is 6.70. The molecule has 0 aliphatic heterocycles. The molecule has 7 heteroatoms. The van der Waals surface area contributed by atoms with Gasteiger partial charge in [-0.1, -0.05) is 6.07 Å². The van der Waals surface area contributed by atoms with E-state index in [2.05, 4.69) is 36.8 Å². The summed E-state index contributed by atoms with van der Waals surface area (Å²) < 4.78 is 6.95. The molecule has 0 spiro atoms. The molecule has 0 saturated heterocycles. The lowest BCUT2D eigenvalue weighted by Crippen LogP contribution is -1.97. The van der Waals surface area contributed by atoms with E-state index in [0.717, 1.165) is 10.0 Å². The molecule has 0 radical (unpaired) electrons. The molecule has 2 rings (SSSR count). The molecule has 0 aliphatic carbocycles. The van der Waals surface area contributed by atoms with Crippen molar-refractivity contribution in [2.24, 2.45) is 0 Å². The number of ether oxygens (including phenoxy) is 1. The van der Waals surface area contributed by atoms with Gasteiger partial charge in [0.15, 0.2) is 0 Å². The lowest BCUT2D eigenvalue weighted by Gasteiger charge is -2.10. The van der Waals surface area contributed by atoms with Crippen LogP contribution >= 0.6 is 31.9 Å². The molecule has 5 nitrogen and oxygen atoms in total. The number of halogens is 2. The SMILES string of the molecule is Cc1ccc(Oc2ncc([N+](=O)[O-])c(C)c2Br)c(Br)c1. The monoisotopic (exact) mass is 400 g/mol. The van der Waals surface area contributed by atoms with E-state index in [0.29, 0.717) is 15.8 Å². The zero-order valence-electron chi connectivity index (χ0n) is 10.7. The maximum Gasteiger partial charge on any atom is 0.291 e. The molecule has 1 heterocycles. The van der Waals surface area contributed by atoms with Crippen LogP contribution in [0.15, 0.2) is 33.3 Å². The molecule has 1 aromatic heterocycles. The van der Waals surface area contributed by atoms with Gasteiger partial charge >= 0.3 is 0 Å². The second-order valence-corrected chi connectivity index (χ2v) is 5.83. The predicted octanol–water partition coefficient (Wildman–Crippen LogP) is 4.92. The maximum atomic E-state index is 10.8. The maximum absolute atomic E-state index is 10.8. The minimum Gasteiger partial charge on any atom is -0.437 e. The Morgan fingerprint density at radius 3 is 2.60 bits per heavy atom. The third-order valence-electron chi connectivity index (χ3n) is 2.70. The minimum absolute atomic E-state index is 0.0489. The summed E-state index contributed by atoms with van der Waals surface area (Å²) in [6, 6.07) is 5.64. The molecule has 20 heavy (non-hydrogen) atoms. The number of rotatable bonds is 3. The molecule has 1 aromatic carbocycles. The van der Waals surface area contributed by atoms with Crippen molar-refractivity contribution in [3.63, 3.8) is 0 Å². The van der Waals surface area contributed by atoms with Gasteiger partial charge in [0.2, 0.25) is 5.88 Å². The topological polar surface area (TPSA) is 65.3 Å². The molecule has 0 atom stereocenters. The molecule has 0 N–H and O–H groups in total. The van der Waals surface area contributed by atoms with Crippen molar-refractivity contribution in [3.05, 3.63) is 54.6 Å². The summed E-state index contributed by atoms with van der Waals surface area (Å²) in [6.45, 7) is 3.61. The Balaban J connectivity index is 2.39. The van der Waals surface area contributed by atoms with E-state index in [-0.39, 0.29) is 11.6 Å². The first kappa shape index (κ1) is 14.9. The minimum atomic E-state index is -0.474. The van der Waals surface area contributed by atoms with Crippen molar-refractivity contribution in [1.82, 2.24) is 4.98 Å². The van der Waals surface area contributed by atoms with Gasteiger partial charge in [0, 0.05) is 5.56 Å². The lowest BCUT2D eigenvalue weighted by atomic mass is 10.2. The molecule has 0 aliphatic rings. The van der Waals surface area contributed by atoms with E-state index in [1.54, 1.807) is 6.92 Å². The van der Waals surface area contributed by atoms with Crippen LogP contribution in [0.5, 0.6) is 11.6 Å². The van der Waals surface area contributed by atoms with Crippen LogP contribution < -0.4 is 4.74 Å². The van der Waals surface area contributed by atoms with Gasteiger partial charge in [-0.15, -0.1) is 0 Å². The van der Waals surface area contributed by atoms with E-state index in [9.17, 15) is 10.1 Å². The number of nitro groups is 1. The van der Waals surface area contributed by atoms with Gasteiger partial charge in [0.25, 0.3) is 5.69 Å². The Labute approximate surface area is 132 Å². The highest BCUT2D eigenvalue weighted by molar-refractivity contribution is 9.11. The second-order valence-electron chi connectivity index (χ2n) is 4.18. The number of benzene rings is 1. The van der Waals surface area contributed by atoms with Crippen LogP contribution in [0.2, 0.25) is 0 Å². The average molecular weight is 402 g/mol. The standard InChI is InChI=1S/C13H10Br2N2O3/c1-7-3-4-11(9(14)5-7)20-13-12(15)8(2)10(6-16-13)17(18)19/h3-6H,1-2H3. The van der Waals surface area contributed by atoms with Gasteiger partial charge < -0.3 is 4.74 Å². The molecule has 0 amide bonds. The van der Waals surface area contributed by atoms with Gasteiger partial charge in [-0.3, -0.25) is 10.1 Å². The van der Waals surface area contributed by atoms with Crippen molar-refractivity contribution in [1.29, 1.82) is 0 Å². The molecular weight excluding hydrogens is 392 g/mol. The van der Waals surface area contributed by atoms with Crippen LogP contribution in [0, 0.1) is 24.0 Å². The van der Waals surface area contributed by atoms with Crippen LogP contribution in [0.3, 0.4) is 0 Å². The van der Waals surface area contributed by atoms with Crippen molar-refractivity contribution in [2.45, 2.75) is 13.8 Å². The van der Waals surface area contributed by atoms with Crippen LogP contribution in [0.4, 0.5) is 5.69 Å². The molecule has 104 valence electrons. The molecule has 2 aromatic rings. The Hall–Kier alpha value is -1.47. The van der Waals surface area contributed by atoms with Gasteiger partial charge in [-0.25, -0.2) is 4.98 Å². The summed E-state index contributed by atoms with van der Waals surface area (Å²) in [7, 11) is 0. The first-order valence-corrected chi connectivity index (χ1v) is 7.22. The van der Waals surface area contributed by atoms with Crippen LogP contribution in [0.1, 0.15) is 11.1 Å². The fraction of sp³-hybridized carbons (Fsp3) is 0.154. The van der Waals surface area contributed by atoms with Gasteiger partial charge in [-0.05, 0) is 63.4 Å². The third-order valence-corrected chi connectivity index (χ3v) is 4.25. The quantitative estimate of drug-likeness (QED) is 0.540. The number of aromatic nitrogens is 1. The predicted molar refractivity (Wildman–Crippen MR) is 82.3 cm³/mol. The summed E-state index contributed by atoms with van der Waals surface area (Å²) in [5.74, 6) is 0.884. The molecule has 0 fully saturated rings. The molecule has 0 unspecified atom stereocenters. The van der Waals surface area contributed by atoms with Crippen LogP contribution in [-0.2, 0) is 0 Å². The fourth-order valence-electron chi connectivity index (χ4n) is 1.59. The Morgan fingerprint density at radius 2 is 2.00 bits per heavy atom. The number of nitrogens with zero attached hydrogens (tertiary/aromatic N) is 2. The summed E-state index contributed by atoms with van der Waals surface area (Å²) in [5, 5.41) is 10.8. The van der Waals surface area contributed by atoms with Crippen molar-refractivity contribution >= 4 is 37.5 Å². The van der Waals surface area contributed by atoms with Crippen LogP contribution in [0.25, 0.3) is 0 Å². The highest BCUT2D eigenvalue weighted by Gasteiger charge is 2.18. The van der Waals surface area contributed by atoms with Crippen molar-refractivity contribution < 1.29 is 9.66 Å². The number of pyridine rings is 1. The Kier molecular flexibility index (Phi) is 4.39. The molecular formula is C13H10Br2N2O3. The van der Waals surface area contributed by atoms with E-state index in [1.165, 1.54) is 6.20 Å². The van der Waals surface area contributed by atoms with Gasteiger partial charge in [0.05, 0.1) is 13.9 Å². The zero-order chi connectivity index (χ0) is 14.9. The van der Waals surface area contributed by atoms with Gasteiger partial charge in [-0.2, -0.15) is 0 Å². The Morgan fingerprint density at radius 1 is 1.30 bits per heavy atom. The smallest absolute Gasteiger partial charge is 0.291 e. The second kappa shape index (κ2) is 5.88. The first-order chi connectivity index (χ1) is 9.40. The van der Waals surface area contributed by atoms with E-state index in [4.69, 9.17) is 4.74 Å². The van der Waals surface area contributed by atoms with Crippen LogP contribution in [-0.4, -0.2) is 9.91 Å². The number of aryl methyl sites for hydroxylation is 1. The van der Waals surface area contributed by atoms with Gasteiger partial charge in [0.1, 0.15) is 11.9 Å².